The van der Waals surface area contributed by atoms with Gasteiger partial charge < -0.3 is 14.7 Å². The van der Waals surface area contributed by atoms with Gasteiger partial charge in [0, 0.05) is 65.7 Å². The molecule has 0 aliphatic carbocycles. The topological polar surface area (TPSA) is 107 Å². The Bertz CT molecular complexity index is 2100. The normalized spacial score (nSPS) is 18.0. The van der Waals surface area contributed by atoms with Crippen molar-refractivity contribution in [3.8, 4) is 11.5 Å². The van der Waals surface area contributed by atoms with Gasteiger partial charge in [0.1, 0.15) is 23.4 Å². The lowest BCUT2D eigenvalue weighted by Gasteiger charge is -2.41. The van der Waals surface area contributed by atoms with Crippen molar-refractivity contribution in [1.29, 1.82) is 0 Å². The molecule has 3 heterocycles. The molecular formula is C34H35N2O6S+. The van der Waals surface area contributed by atoms with Crippen LogP contribution >= 0.6 is 0 Å². The van der Waals surface area contributed by atoms with Crippen molar-refractivity contribution in [3.05, 3.63) is 93.0 Å². The third-order valence-corrected chi connectivity index (χ3v) is 10.1. The fraction of sp³-hybridized carbons (Fsp3) is 0.294. The largest absolute Gasteiger partial charge is 0.478 e. The van der Waals surface area contributed by atoms with Gasteiger partial charge in [0.15, 0.2) is 5.54 Å². The number of ether oxygens (including phenoxy) is 1. The zero-order valence-electron chi connectivity index (χ0n) is 25.5. The minimum Gasteiger partial charge on any atom is -0.478 e. The van der Waals surface area contributed by atoms with E-state index in [2.05, 4.69) is 49.3 Å². The predicted octanol–water partition coefficient (Wildman–Crippen LogP) is 4.93. The van der Waals surface area contributed by atoms with E-state index in [-0.39, 0.29) is 22.2 Å². The molecule has 3 aromatic rings. The van der Waals surface area contributed by atoms with Crippen molar-refractivity contribution >= 4 is 38.5 Å². The van der Waals surface area contributed by atoms with Gasteiger partial charge in [-0.3, -0.25) is 4.55 Å². The number of fused-ring (bicyclic) bond motifs is 4. The molecule has 0 saturated carbocycles. The summed E-state index contributed by atoms with van der Waals surface area (Å²) in [5.41, 5.74) is 5.67. The van der Waals surface area contributed by atoms with Gasteiger partial charge in [0.05, 0.1) is 17.2 Å². The molecule has 0 unspecified atom stereocenters. The van der Waals surface area contributed by atoms with Crippen LogP contribution in [0.1, 0.15) is 74.2 Å². The molecule has 0 atom stereocenters. The number of allylic oxidation sites excluding steroid dienone is 2. The summed E-state index contributed by atoms with van der Waals surface area (Å²) in [6, 6.07) is 11.8. The van der Waals surface area contributed by atoms with Crippen molar-refractivity contribution < 1.29 is 27.6 Å². The van der Waals surface area contributed by atoms with Crippen LogP contribution in [0, 0.1) is 0 Å². The molecule has 2 N–H and O–H groups in total. The third kappa shape index (κ3) is 4.41. The van der Waals surface area contributed by atoms with Crippen molar-refractivity contribution in [2.24, 2.45) is 0 Å². The maximum absolute atomic E-state index is 12.8. The van der Waals surface area contributed by atoms with Crippen LogP contribution < -0.4 is 24.8 Å². The summed E-state index contributed by atoms with van der Waals surface area (Å²) in [5, 5.41) is 11.2. The number of hydrogen-bond donors (Lipinski definition) is 2. The average Bonchev–Trinajstić information content (AvgIpc) is 2.91. The van der Waals surface area contributed by atoms with Crippen LogP contribution in [0.4, 0.5) is 5.69 Å². The van der Waals surface area contributed by atoms with E-state index < -0.39 is 21.0 Å². The van der Waals surface area contributed by atoms with E-state index in [1.54, 1.807) is 0 Å². The van der Waals surface area contributed by atoms with E-state index in [1.165, 1.54) is 12.1 Å². The highest BCUT2D eigenvalue weighted by molar-refractivity contribution is 7.86. The Morgan fingerprint density at radius 2 is 1.56 bits per heavy atom. The van der Waals surface area contributed by atoms with Crippen molar-refractivity contribution in [2.75, 3.05) is 19.0 Å². The Hall–Kier alpha value is -4.21. The first kappa shape index (κ1) is 28.9. The standard InChI is InChI=1S/C34H34N2O6S/c1-18-16-33(3,4)35(7)26-14-28-24(12-22(18)26)31(21-10-9-20(32(37)38)11-30(21)43(39,40)41)25-13-23-19(2)17-34(5,6)36(8)27(23)15-29(25)42-28/h9-17H,1-8H3,(H-,37,38,39,40,41)/p+1. The molecule has 0 amide bonds. The summed E-state index contributed by atoms with van der Waals surface area (Å²) in [4.78, 5) is 13.5. The Morgan fingerprint density at radius 1 is 0.884 bits per heavy atom. The van der Waals surface area contributed by atoms with Gasteiger partial charge in [-0.05, 0) is 69.2 Å². The van der Waals surface area contributed by atoms with Gasteiger partial charge in [-0.15, -0.1) is 0 Å². The highest BCUT2D eigenvalue weighted by Gasteiger charge is 2.35. The molecule has 3 aromatic carbocycles. The van der Waals surface area contributed by atoms with Gasteiger partial charge in [-0.2, -0.15) is 8.42 Å². The predicted molar refractivity (Wildman–Crippen MR) is 168 cm³/mol. The first-order chi connectivity index (χ1) is 19.9. The highest BCUT2D eigenvalue weighted by Crippen LogP contribution is 2.46. The van der Waals surface area contributed by atoms with Crippen LogP contribution in [-0.4, -0.2) is 49.2 Å². The van der Waals surface area contributed by atoms with Crippen LogP contribution in [0.25, 0.3) is 16.7 Å². The summed E-state index contributed by atoms with van der Waals surface area (Å²) in [6.45, 7) is 12.6. The second-order valence-electron chi connectivity index (χ2n) is 12.8. The Morgan fingerprint density at radius 3 is 2.21 bits per heavy atom. The molecule has 0 fully saturated rings. The van der Waals surface area contributed by atoms with Gasteiger partial charge in [-0.25, -0.2) is 9.37 Å². The molecule has 222 valence electrons. The lowest BCUT2D eigenvalue weighted by atomic mass is 9.84. The number of nitrogens with zero attached hydrogens (tertiary/aromatic N) is 2. The molecule has 6 rings (SSSR count). The van der Waals surface area contributed by atoms with E-state index in [4.69, 9.17) is 4.74 Å². The lowest BCUT2D eigenvalue weighted by Crippen LogP contribution is -2.47. The number of carboxylic acid groups (broad SMARTS) is 1. The number of hydrogen-bond acceptors (Lipinski definition) is 5. The summed E-state index contributed by atoms with van der Waals surface area (Å²) in [5.74, 6) is -0.227. The molecule has 9 heteroatoms. The van der Waals surface area contributed by atoms with E-state index in [0.717, 1.165) is 39.4 Å². The average molecular weight is 600 g/mol. The van der Waals surface area contributed by atoms with Crippen LogP contribution in [0.2, 0.25) is 0 Å². The van der Waals surface area contributed by atoms with Crippen molar-refractivity contribution in [3.63, 3.8) is 0 Å². The first-order valence-electron chi connectivity index (χ1n) is 14.0. The molecule has 3 aliphatic heterocycles. The van der Waals surface area contributed by atoms with Gasteiger partial charge >= 0.3 is 5.97 Å². The van der Waals surface area contributed by atoms with Gasteiger partial charge in [-0.1, -0.05) is 12.1 Å². The first-order valence-corrected chi connectivity index (χ1v) is 15.5. The number of aromatic carboxylic acids is 1. The second kappa shape index (κ2) is 9.14. The van der Waals surface area contributed by atoms with Crippen LogP contribution in [-0.2, 0) is 10.1 Å². The zero-order valence-corrected chi connectivity index (χ0v) is 26.3. The van der Waals surface area contributed by atoms with E-state index in [0.29, 0.717) is 27.9 Å². The summed E-state index contributed by atoms with van der Waals surface area (Å²) < 4.78 is 44.7. The van der Waals surface area contributed by atoms with Crippen molar-refractivity contribution in [1.82, 2.24) is 4.58 Å². The Balaban J connectivity index is 1.80. The number of benzene rings is 3. The third-order valence-electron chi connectivity index (χ3n) is 9.17. The maximum atomic E-state index is 12.8. The summed E-state index contributed by atoms with van der Waals surface area (Å²) in [7, 11) is -0.759. The monoisotopic (exact) mass is 599 g/mol. The maximum Gasteiger partial charge on any atom is 0.335 e. The quantitative estimate of drug-likeness (QED) is 0.254. The summed E-state index contributed by atoms with van der Waals surface area (Å²) in [6.07, 6.45) is 4.37. The molecule has 0 saturated heterocycles. The minimum atomic E-state index is -4.81. The molecule has 0 aromatic heterocycles. The van der Waals surface area contributed by atoms with Gasteiger partial charge in [0.25, 0.3) is 10.1 Å². The molecule has 3 aliphatic rings. The second-order valence-corrected chi connectivity index (χ2v) is 14.2. The van der Waals surface area contributed by atoms with E-state index in [1.807, 2.05) is 52.2 Å². The molecular weight excluding hydrogens is 564 g/mol. The van der Waals surface area contributed by atoms with Crippen molar-refractivity contribution in [2.45, 2.75) is 57.5 Å². The fourth-order valence-corrected chi connectivity index (χ4v) is 7.27. The SMILES string of the molecule is CC1=CC(C)(C)N(C)c2cc3c(cc21)C(c1ccc(C(=O)O)cc1S(=O)(=O)O)=c1cc2c(cc1O3)=[N+](C)C(C)(C)C=C2C. The number of carboxylic acids is 1. The Labute approximate surface area is 251 Å². The lowest BCUT2D eigenvalue weighted by molar-refractivity contribution is 0.0696. The number of rotatable bonds is 3. The molecule has 0 bridgehead atoms. The van der Waals surface area contributed by atoms with Crippen LogP contribution in [0.5, 0.6) is 11.5 Å². The molecule has 0 spiro atoms. The number of anilines is 1. The highest BCUT2D eigenvalue weighted by atomic mass is 32.2. The van der Waals surface area contributed by atoms with Gasteiger partial charge in [0.2, 0.25) is 5.36 Å². The van der Waals surface area contributed by atoms with E-state index >= 15 is 0 Å². The zero-order chi connectivity index (χ0) is 31.4. The number of carbonyl (C=O) groups is 1. The smallest absolute Gasteiger partial charge is 0.335 e. The number of likely N-dealkylation sites (N-methyl/N-ethyl adjacent to an activating group) is 2. The fourth-order valence-electron chi connectivity index (χ4n) is 6.54. The Kier molecular flexibility index (Phi) is 6.14. The van der Waals surface area contributed by atoms with Crippen LogP contribution in [0.3, 0.4) is 0 Å². The molecule has 0 radical (unpaired) electrons. The van der Waals surface area contributed by atoms with E-state index in [9.17, 15) is 22.9 Å². The summed E-state index contributed by atoms with van der Waals surface area (Å²) >= 11 is 0. The molecule has 43 heavy (non-hydrogen) atoms. The molecule has 8 nitrogen and oxygen atoms in total. The van der Waals surface area contributed by atoms with Crippen LogP contribution in [0.15, 0.2) is 59.5 Å². The minimum absolute atomic E-state index is 0.190.